The summed E-state index contributed by atoms with van der Waals surface area (Å²) in [4.78, 5) is 13.8. The highest BCUT2D eigenvalue weighted by Crippen LogP contribution is 2.34. The van der Waals surface area contributed by atoms with Crippen molar-refractivity contribution in [2.75, 3.05) is 26.8 Å². The van der Waals surface area contributed by atoms with E-state index in [4.69, 9.17) is 9.47 Å². The SMILES string of the molecule is COCCN(CC(=O)OC(C)C)C(C)C1CC1. The van der Waals surface area contributed by atoms with Gasteiger partial charge in [-0.3, -0.25) is 9.69 Å². The van der Waals surface area contributed by atoms with Gasteiger partial charge in [0.25, 0.3) is 0 Å². The van der Waals surface area contributed by atoms with E-state index in [1.54, 1.807) is 7.11 Å². The molecular formula is C13H25NO3. The van der Waals surface area contributed by atoms with Gasteiger partial charge in [-0.25, -0.2) is 0 Å². The van der Waals surface area contributed by atoms with Crippen molar-refractivity contribution >= 4 is 5.97 Å². The second kappa shape index (κ2) is 6.97. The number of hydrogen-bond donors (Lipinski definition) is 0. The van der Waals surface area contributed by atoms with Crippen LogP contribution in [-0.2, 0) is 14.3 Å². The van der Waals surface area contributed by atoms with Gasteiger partial charge in [-0.05, 0) is 39.5 Å². The van der Waals surface area contributed by atoms with Gasteiger partial charge in [-0.15, -0.1) is 0 Å². The molecule has 4 nitrogen and oxygen atoms in total. The van der Waals surface area contributed by atoms with Gasteiger partial charge in [0.15, 0.2) is 0 Å². The highest BCUT2D eigenvalue weighted by atomic mass is 16.5. The first-order valence-electron chi connectivity index (χ1n) is 6.47. The number of esters is 1. The fourth-order valence-electron chi connectivity index (χ4n) is 1.98. The van der Waals surface area contributed by atoms with Crippen molar-refractivity contribution in [2.45, 2.75) is 45.8 Å². The van der Waals surface area contributed by atoms with E-state index in [0.29, 0.717) is 19.2 Å². The van der Waals surface area contributed by atoms with Crippen LogP contribution in [0.25, 0.3) is 0 Å². The molecular weight excluding hydrogens is 218 g/mol. The molecule has 0 N–H and O–H groups in total. The van der Waals surface area contributed by atoms with Crippen LogP contribution >= 0.6 is 0 Å². The van der Waals surface area contributed by atoms with E-state index in [1.165, 1.54) is 12.8 Å². The molecule has 0 radical (unpaired) electrons. The summed E-state index contributed by atoms with van der Waals surface area (Å²) in [6, 6.07) is 0.449. The highest BCUT2D eigenvalue weighted by Gasteiger charge is 2.32. The Morgan fingerprint density at radius 1 is 1.35 bits per heavy atom. The van der Waals surface area contributed by atoms with Crippen LogP contribution < -0.4 is 0 Å². The molecule has 1 rings (SSSR count). The summed E-state index contributed by atoms with van der Waals surface area (Å²) in [5.74, 6) is 0.613. The fourth-order valence-corrected chi connectivity index (χ4v) is 1.98. The molecule has 1 atom stereocenters. The smallest absolute Gasteiger partial charge is 0.320 e. The summed E-state index contributed by atoms with van der Waals surface area (Å²) in [5, 5.41) is 0. The standard InChI is InChI=1S/C13H25NO3/c1-10(2)17-13(15)9-14(7-8-16-4)11(3)12-5-6-12/h10-12H,5-9H2,1-4H3. The van der Waals surface area contributed by atoms with E-state index in [9.17, 15) is 4.79 Å². The lowest BCUT2D eigenvalue weighted by atomic mass is 10.2. The molecule has 0 saturated heterocycles. The quantitative estimate of drug-likeness (QED) is 0.608. The number of hydrogen-bond acceptors (Lipinski definition) is 4. The Kier molecular flexibility index (Phi) is 5.92. The Bertz CT molecular complexity index is 239. The van der Waals surface area contributed by atoms with Crippen LogP contribution in [-0.4, -0.2) is 49.8 Å². The zero-order valence-electron chi connectivity index (χ0n) is 11.4. The van der Waals surface area contributed by atoms with Crippen LogP contribution in [0.1, 0.15) is 33.6 Å². The third kappa shape index (κ3) is 5.50. The lowest BCUT2D eigenvalue weighted by Gasteiger charge is -2.28. The molecule has 0 spiro atoms. The lowest BCUT2D eigenvalue weighted by Crippen LogP contribution is -2.41. The van der Waals surface area contributed by atoms with Crippen LogP contribution in [0.4, 0.5) is 0 Å². The first kappa shape index (κ1) is 14.5. The summed E-state index contributed by atoms with van der Waals surface area (Å²) in [7, 11) is 1.69. The molecule has 0 bridgehead atoms. The first-order valence-corrected chi connectivity index (χ1v) is 6.47. The monoisotopic (exact) mass is 243 g/mol. The molecule has 0 aromatic rings. The topological polar surface area (TPSA) is 38.8 Å². The number of carbonyl (C=O) groups is 1. The van der Waals surface area contributed by atoms with Crippen molar-refractivity contribution in [1.82, 2.24) is 4.90 Å². The van der Waals surface area contributed by atoms with E-state index in [-0.39, 0.29) is 12.1 Å². The number of nitrogens with zero attached hydrogens (tertiary/aromatic N) is 1. The van der Waals surface area contributed by atoms with Crippen molar-refractivity contribution < 1.29 is 14.3 Å². The largest absolute Gasteiger partial charge is 0.462 e. The molecule has 17 heavy (non-hydrogen) atoms. The summed E-state index contributed by atoms with van der Waals surface area (Å²) < 4.78 is 10.3. The van der Waals surface area contributed by atoms with Crippen LogP contribution in [0.5, 0.6) is 0 Å². The van der Waals surface area contributed by atoms with E-state index in [1.807, 2.05) is 13.8 Å². The maximum absolute atomic E-state index is 11.7. The van der Waals surface area contributed by atoms with Gasteiger partial charge < -0.3 is 9.47 Å². The minimum atomic E-state index is -0.136. The highest BCUT2D eigenvalue weighted by molar-refractivity contribution is 5.71. The van der Waals surface area contributed by atoms with Crippen LogP contribution in [0, 0.1) is 5.92 Å². The zero-order valence-corrected chi connectivity index (χ0v) is 11.4. The fraction of sp³-hybridized carbons (Fsp3) is 0.923. The van der Waals surface area contributed by atoms with Crippen molar-refractivity contribution in [2.24, 2.45) is 5.92 Å². The van der Waals surface area contributed by atoms with Crippen LogP contribution in [0.2, 0.25) is 0 Å². The zero-order chi connectivity index (χ0) is 12.8. The molecule has 4 heteroatoms. The van der Waals surface area contributed by atoms with E-state index >= 15 is 0 Å². The van der Waals surface area contributed by atoms with E-state index in [2.05, 4.69) is 11.8 Å². The third-order valence-corrected chi connectivity index (χ3v) is 3.16. The summed E-state index contributed by atoms with van der Waals surface area (Å²) >= 11 is 0. The maximum Gasteiger partial charge on any atom is 0.320 e. The average molecular weight is 243 g/mol. The summed E-state index contributed by atoms with van der Waals surface area (Å²) in [6.07, 6.45) is 2.52. The molecule has 1 aliphatic rings. The second-order valence-electron chi connectivity index (χ2n) is 5.08. The number of rotatable bonds is 8. The number of carbonyl (C=O) groups excluding carboxylic acids is 1. The summed E-state index contributed by atoms with van der Waals surface area (Å²) in [6.45, 7) is 7.77. The van der Waals surface area contributed by atoms with Gasteiger partial charge in [0.05, 0.1) is 19.3 Å². The Balaban J connectivity index is 2.41. The van der Waals surface area contributed by atoms with Gasteiger partial charge >= 0.3 is 5.97 Å². The number of methoxy groups -OCH3 is 1. The normalized spacial score (nSPS) is 17.5. The predicted octanol–water partition coefficient (Wildman–Crippen LogP) is 1.68. The first-order chi connectivity index (χ1) is 8.04. The average Bonchev–Trinajstić information content (AvgIpc) is 3.05. The molecule has 1 fully saturated rings. The van der Waals surface area contributed by atoms with Gasteiger partial charge in [0, 0.05) is 19.7 Å². The van der Waals surface area contributed by atoms with Crippen LogP contribution in [0.3, 0.4) is 0 Å². The molecule has 0 aromatic carbocycles. The van der Waals surface area contributed by atoms with Gasteiger partial charge in [0.1, 0.15) is 0 Å². The minimum Gasteiger partial charge on any atom is -0.462 e. The van der Waals surface area contributed by atoms with Crippen molar-refractivity contribution in [3.05, 3.63) is 0 Å². The lowest BCUT2D eigenvalue weighted by molar-refractivity contribution is -0.149. The minimum absolute atomic E-state index is 0.0389. The Labute approximate surface area is 104 Å². The van der Waals surface area contributed by atoms with Crippen molar-refractivity contribution in [3.63, 3.8) is 0 Å². The molecule has 0 aliphatic heterocycles. The molecule has 1 aliphatic carbocycles. The van der Waals surface area contributed by atoms with Gasteiger partial charge in [0.2, 0.25) is 0 Å². The summed E-state index contributed by atoms with van der Waals surface area (Å²) in [5.41, 5.74) is 0. The molecule has 1 unspecified atom stereocenters. The van der Waals surface area contributed by atoms with E-state index in [0.717, 1.165) is 12.5 Å². The van der Waals surface area contributed by atoms with Crippen molar-refractivity contribution in [3.8, 4) is 0 Å². The molecule has 100 valence electrons. The van der Waals surface area contributed by atoms with Gasteiger partial charge in [-0.2, -0.15) is 0 Å². The molecule has 0 amide bonds. The Hall–Kier alpha value is -0.610. The third-order valence-electron chi connectivity index (χ3n) is 3.16. The maximum atomic E-state index is 11.7. The Morgan fingerprint density at radius 2 is 2.00 bits per heavy atom. The molecule has 0 aromatic heterocycles. The number of ether oxygens (including phenoxy) is 2. The predicted molar refractivity (Wildman–Crippen MR) is 66.9 cm³/mol. The van der Waals surface area contributed by atoms with Crippen LogP contribution in [0.15, 0.2) is 0 Å². The van der Waals surface area contributed by atoms with E-state index < -0.39 is 0 Å². The second-order valence-corrected chi connectivity index (χ2v) is 5.08. The van der Waals surface area contributed by atoms with Crippen molar-refractivity contribution in [1.29, 1.82) is 0 Å². The molecule has 0 heterocycles. The van der Waals surface area contributed by atoms with Gasteiger partial charge in [-0.1, -0.05) is 0 Å². The Morgan fingerprint density at radius 3 is 2.47 bits per heavy atom. The molecule has 1 saturated carbocycles.